The van der Waals surface area contributed by atoms with E-state index in [0.29, 0.717) is 11.3 Å². The Balaban J connectivity index is 1.34. The summed E-state index contributed by atoms with van der Waals surface area (Å²) in [6.45, 7) is 3.78. The molecule has 5 rings (SSSR count). The molecule has 4 bridgehead atoms. The fourth-order valence-electron chi connectivity index (χ4n) is 6.33. The number of carbonyl (C=O) groups excluding carboxylic acids is 2. The third-order valence-electron chi connectivity index (χ3n) is 7.29. The Morgan fingerprint density at radius 2 is 1.75 bits per heavy atom. The van der Waals surface area contributed by atoms with Crippen molar-refractivity contribution in [1.82, 2.24) is 5.32 Å². The van der Waals surface area contributed by atoms with E-state index in [9.17, 15) is 9.59 Å². The summed E-state index contributed by atoms with van der Waals surface area (Å²) >= 11 is 0. The number of ether oxygens (including phenoxy) is 2. The van der Waals surface area contributed by atoms with Crippen molar-refractivity contribution in [2.24, 2.45) is 23.2 Å². The predicted octanol–water partition coefficient (Wildman–Crippen LogP) is 3.88. The molecule has 0 saturated heterocycles. The lowest BCUT2D eigenvalue weighted by molar-refractivity contribution is -0.128. The van der Waals surface area contributed by atoms with E-state index >= 15 is 0 Å². The Bertz CT molecular complexity index is 737. The summed E-state index contributed by atoms with van der Waals surface area (Å²) < 4.78 is 10.5. The minimum atomic E-state index is -0.529. The molecule has 4 aliphatic carbocycles. The van der Waals surface area contributed by atoms with Crippen LogP contribution >= 0.6 is 0 Å². The van der Waals surface area contributed by atoms with Crippen LogP contribution in [-0.4, -0.2) is 31.6 Å². The first kappa shape index (κ1) is 19.3. The molecule has 1 aromatic carbocycles. The van der Waals surface area contributed by atoms with E-state index in [1.165, 1.54) is 45.6 Å². The molecule has 0 aliphatic heterocycles. The highest BCUT2D eigenvalue weighted by molar-refractivity contribution is 5.94. The topological polar surface area (TPSA) is 64.6 Å². The number of hydrogen-bond acceptors (Lipinski definition) is 4. The molecule has 0 radical (unpaired) electrons. The molecule has 1 N–H and O–H groups in total. The smallest absolute Gasteiger partial charge is 0.342 e. The van der Waals surface area contributed by atoms with Crippen LogP contribution in [0.15, 0.2) is 18.2 Å². The zero-order valence-electron chi connectivity index (χ0n) is 17.1. The van der Waals surface area contributed by atoms with Crippen LogP contribution in [0, 0.1) is 30.1 Å². The van der Waals surface area contributed by atoms with Crippen LogP contribution in [0.1, 0.15) is 61.4 Å². The molecule has 5 nitrogen and oxygen atoms in total. The van der Waals surface area contributed by atoms with E-state index in [1.54, 1.807) is 12.1 Å². The fourth-order valence-corrected chi connectivity index (χ4v) is 6.33. The molecule has 4 saturated carbocycles. The molecule has 0 unspecified atom stereocenters. The molecular formula is C23H31NO4. The highest BCUT2D eigenvalue weighted by atomic mass is 16.5. The van der Waals surface area contributed by atoms with Gasteiger partial charge in [0.25, 0.3) is 5.91 Å². The molecule has 4 fully saturated rings. The molecule has 1 amide bonds. The van der Waals surface area contributed by atoms with E-state index in [0.717, 1.165) is 23.3 Å². The van der Waals surface area contributed by atoms with Crippen molar-refractivity contribution >= 4 is 11.9 Å². The SMILES string of the molecule is COc1ccc(C)cc1C(=O)OCC(=O)N[C@H](C)C12CC3CC(CC(C3)C1)C2. The van der Waals surface area contributed by atoms with Crippen molar-refractivity contribution in [3.05, 3.63) is 29.3 Å². The molecule has 0 aromatic heterocycles. The lowest BCUT2D eigenvalue weighted by atomic mass is 9.48. The number of amides is 1. The van der Waals surface area contributed by atoms with Crippen molar-refractivity contribution < 1.29 is 19.1 Å². The van der Waals surface area contributed by atoms with E-state index in [2.05, 4.69) is 12.2 Å². The van der Waals surface area contributed by atoms with Gasteiger partial charge in [-0.3, -0.25) is 4.79 Å². The molecular weight excluding hydrogens is 354 g/mol. The first-order valence-corrected chi connectivity index (χ1v) is 10.5. The summed E-state index contributed by atoms with van der Waals surface area (Å²) in [6.07, 6.45) is 7.86. The highest BCUT2D eigenvalue weighted by Gasteiger charge is 2.53. The third-order valence-corrected chi connectivity index (χ3v) is 7.29. The number of methoxy groups -OCH3 is 1. The van der Waals surface area contributed by atoms with E-state index in [1.807, 2.05) is 13.0 Å². The van der Waals surface area contributed by atoms with Crippen LogP contribution in [0.5, 0.6) is 5.75 Å². The lowest BCUT2D eigenvalue weighted by Crippen LogP contribution is -2.56. The maximum Gasteiger partial charge on any atom is 0.342 e. The van der Waals surface area contributed by atoms with Crippen LogP contribution in [0.4, 0.5) is 0 Å². The minimum Gasteiger partial charge on any atom is -0.496 e. The zero-order valence-corrected chi connectivity index (χ0v) is 17.1. The van der Waals surface area contributed by atoms with E-state index < -0.39 is 5.97 Å². The Labute approximate surface area is 167 Å². The number of aryl methyl sites for hydroxylation is 1. The summed E-state index contributed by atoms with van der Waals surface area (Å²) in [4.78, 5) is 24.9. The Morgan fingerprint density at radius 3 is 2.32 bits per heavy atom. The van der Waals surface area contributed by atoms with Crippen molar-refractivity contribution in [2.45, 2.75) is 58.4 Å². The molecule has 0 spiro atoms. The number of esters is 1. The van der Waals surface area contributed by atoms with Gasteiger partial charge in [0.2, 0.25) is 0 Å². The molecule has 152 valence electrons. The van der Waals surface area contributed by atoms with Crippen molar-refractivity contribution in [3.8, 4) is 5.75 Å². The first-order chi connectivity index (χ1) is 13.4. The Kier molecular flexibility index (Phi) is 5.11. The summed E-state index contributed by atoms with van der Waals surface area (Å²) in [5.74, 6) is 2.24. The molecule has 5 heteroatoms. The maximum atomic E-state index is 12.5. The van der Waals surface area contributed by atoms with Gasteiger partial charge in [0.1, 0.15) is 11.3 Å². The van der Waals surface area contributed by atoms with Gasteiger partial charge in [-0.1, -0.05) is 11.6 Å². The first-order valence-electron chi connectivity index (χ1n) is 10.5. The van der Waals surface area contributed by atoms with Gasteiger partial charge in [-0.2, -0.15) is 0 Å². The van der Waals surface area contributed by atoms with Crippen molar-refractivity contribution in [3.63, 3.8) is 0 Å². The number of hydrogen-bond donors (Lipinski definition) is 1. The van der Waals surface area contributed by atoms with Gasteiger partial charge in [0.05, 0.1) is 7.11 Å². The number of nitrogens with one attached hydrogen (secondary N) is 1. The van der Waals surface area contributed by atoms with Crippen molar-refractivity contribution in [1.29, 1.82) is 0 Å². The average molecular weight is 386 g/mol. The predicted molar refractivity (Wildman–Crippen MR) is 106 cm³/mol. The van der Waals surface area contributed by atoms with E-state index in [4.69, 9.17) is 9.47 Å². The molecule has 1 aromatic rings. The van der Waals surface area contributed by atoms with Crippen LogP contribution in [0.2, 0.25) is 0 Å². The van der Waals surface area contributed by atoms with Gasteiger partial charge in [-0.05, 0) is 87.7 Å². The van der Waals surface area contributed by atoms with Crippen molar-refractivity contribution in [2.75, 3.05) is 13.7 Å². The van der Waals surface area contributed by atoms with Crippen LogP contribution in [-0.2, 0) is 9.53 Å². The summed E-state index contributed by atoms with van der Waals surface area (Å²) in [6, 6.07) is 5.45. The largest absolute Gasteiger partial charge is 0.496 e. The van der Waals surface area contributed by atoms with E-state index in [-0.39, 0.29) is 24.0 Å². The number of benzene rings is 1. The maximum absolute atomic E-state index is 12.5. The zero-order chi connectivity index (χ0) is 19.9. The summed E-state index contributed by atoms with van der Waals surface area (Å²) in [5.41, 5.74) is 1.53. The molecule has 28 heavy (non-hydrogen) atoms. The second-order valence-electron chi connectivity index (χ2n) is 9.35. The standard InChI is InChI=1S/C23H31NO4/c1-14-4-5-20(27-3)19(6-14)22(26)28-13-21(25)24-15(2)23-10-16-7-17(11-23)9-18(8-16)12-23/h4-6,15-18H,7-13H2,1-3H3,(H,24,25)/t15-,16?,17?,18?,23?/m1/s1. The van der Waals surface area contributed by atoms with Gasteiger partial charge < -0.3 is 14.8 Å². The summed E-state index contributed by atoms with van der Waals surface area (Å²) in [5, 5.41) is 3.14. The Morgan fingerprint density at radius 1 is 1.14 bits per heavy atom. The molecule has 0 heterocycles. The number of rotatable bonds is 6. The average Bonchev–Trinajstić information content (AvgIpc) is 2.65. The quantitative estimate of drug-likeness (QED) is 0.755. The fraction of sp³-hybridized carbons (Fsp3) is 0.652. The highest BCUT2D eigenvalue weighted by Crippen LogP contribution is 2.61. The Hall–Kier alpha value is -2.04. The number of carbonyl (C=O) groups is 2. The van der Waals surface area contributed by atoms with Gasteiger partial charge in [0.15, 0.2) is 6.61 Å². The van der Waals surface area contributed by atoms with Crippen LogP contribution < -0.4 is 10.1 Å². The lowest BCUT2D eigenvalue weighted by Gasteiger charge is -2.59. The van der Waals surface area contributed by atoms with Gasteiger partial charge in [-0.15, -0.1) is 0 Å². The van der Waals surface area contributed by atoms with Crippen LogP contribution in [0.3, 0.4) is 0 Å². The van der Waals surface area contributed by atoms with Crippen LogP contribution in [0.25, 0.3) is 0 Å². The second kappa shape index (κ2) is 7.41. The second-order valence-corrected chi connectivity index (χ2v) is 9.35. The molecule has 4 aliphatic rings. The van der Waals surface area contributed by atoms with Gasteiger partial charge >= 0.3 is 5.97 Å². The third kappa shape index (κ3) is 3.63. The van der Waals surface area contributed by atoms with Gasteiger partial charge in [0, 0.05) is 6.04 Å². The monoisotopic (exact) mass is 385 g/mol. The molecule has 1 atom stereocenters. The summed E-state index contributed by atoms with van der Waals surface area (Å²) in [7, 11) is 1.52. The normalized spacial score (nSPS) is 31.3. The minimum absolute atomic E-state index is 0.126. The van der Waals surface area contributed by atoms with Gasteiger partial charge in [-0.25, -0.2) is 4.79 Å².